The van der Waals surface area contributed by atoms with E-state index in [2.05, 4.69) is 10.4 Å². The van der Waals surface area contributed by atoms with E-state index in [9.17, 15) is 18.0 Å². The molecule has 158 valence electrons. The van der Waals surface area contributed by atoms with Crippen molar-refractivity contribution in [2.45, 2.75) is 26.2 Å². The van der Waals surface area contributed by atoms with Gasteiger partial charge in [0.1, 0.15) is 0 Å². The van der Waals surface area contributed by atoms with Gasteiger partial charge in [-0.25, -0.2) is 4.68 Å². The molecule has 1 heterocycles. The number of aromatic nitrogens is 2. The maximum absolute atomic E-state index is 13.0. The lowest BCUT2D eigenvalue weighted by atomic mass is 10.1. The fourth-order valence-corrected chi connectivity index (χ4v) is 3.20. The molecule has 0 saturated heterocycles. The Bertz CT molecular complexity index is 1040. The Hall–Kier alpha value is -3.13. The van der Waals surface area contributed by atoms with Crippen LogP contribution >= 0.6 is 0 Å². The highest BCUT2D eigenvalue weighted by Crippen LogP contribution is 2.30. The van der Waals surface area contributed by atoms with E-state index in [0.717, 1.165) is 29.8 Å². The van der Waals surface area contributed by atoms with Gasteiger partial charge in [0.05, 0.1) is 28.7 Å². The Balaban J connectivity index is 1.78. The average Bonchev–Trinajstić information content (AvgIpc) is 3.07. The highest BCUT2D eigenvalue weighted by atomic mass is 19.4. The summed E-state index contributed by atoms with van der Waals surface area (Å²) in [4.78, 5) is 14.7. The van der Waals surface area contributed by atoms with Crippen molar-refractivity contribution in [3.8, 4) is 5.69 Å². The number of benzene rings is 2. The average molecular weight is 416 g/mol. The van der Waals surface area contributed by atoms with E-state index in [4.69, 9.17) is 0 Å². The molecule has 1 N–H and O–H groups in total. The van der Waals surface area contributed by atoms with Crippen LogP contribution in [0.1, 0.15) is 32.7 Å². The van der Waals surface area contributed by atoms with Crippen molar-refractivity contribution < 1.29 is 18.0 Å². The van der Waals surface area contributed by atoms with Gasteiger partial charge in [-0.15, -0.1) is 0 Å². The van der Waals surface area contributed by atoms with Crippen molar-refractivity contribution in [2.24, 2.45) is 0 Å². The number of nitrogens with one attached hydrogen (secondary N) is 1. The molecular weight excluding hydrogens is 393 g/mol. The maximum Gasteiger partial charge on any atom is 0.416 e. The minimum atomic E-state index is -4.45. The molecule has 0 aliphatic rings. The Kier molecular flexibility index (Phi) is 6.26. The molecule has 0 aliphatic heterocycles. The zero-order chi connectivity index (χ0) is 21.9. The zero-order valence-electron chi connectivity index (χ0n) is 17.0. The van der Waals surface area contributed by atoms with Crippen LogP contribution in [-0.2, 0) is 19.3 Å². The zero-order valence-corrected chi connectivity index (χ0v) is 17.0. The van der Waals surface area contributed by atoms with Crippen molar-refractivity contribution in [1.82, 2.24) is 20.0 Å². The van der Waals surface area contributed by atoms with E-state index < -0.39 is 11.7 Å². The summed E-state index contributed by atoms with van der Waals surface area (Å²) in [5.41, 5.74) is 2.38. The number of carbonyl (C=O) groups is 1. The predicted octanol–water partition coefficient (Wildman–Crippen LogP) is 4.19. The molecule has 1 aromatic heterocycles. The third-order valence-electron chi connectivity index (χ3n) is 4.72. The Morgan fingerprint density at radius 3 is 2.47 bits per heavy atom. The quantitative estimate of drug-likeness (QED) is 0.656. The first-order valence-corrected chi connectivity index (χ1v) is 9.39. The smallest absolute Gasteiger partial charge is 0.348 e. The maximum atomic E-state index is 13.0. The van der Waals surface area contributed by atoms with E-state index in [1.54, 1.807) is 6.92 Å². The van der Waals surface area contributed by atoms with Crippen LogP contribution in [0, 0.1) is 6.92 Å². The third kappa shape index (κ3) is 4.88. The van der Waals surface area contributed by atoms with Gasteiger partial charge in [0.15, 0.2) is 0 Å². The van der Waals surface area contributed by atoms with Crippen LogP contribution in [0.15, 0.2) is 54.7 Å². The molecule has 2 aromatic carbocycles. The molecule has 0 bridgehead atoms. The van der Waals surface area contributed by atoms with Gasteiger partial charge in [-0.05, 0) is 50.3 Å². The van der Waals surface area contributed by atoms with E-state index >= 15 is 0 Å². The molecule has 0 radical (unpaired) electrons. The monoisotopic (exact) mass is 416 g/mol. The van der Waals surface area contributed by atoms with E-state index in [-0.39, 0.29) is 11.6 Å². The van der Waals surface area contributed by atoms with Crippen LogP contribution in [-0.4, -0.2) is 34.7 Å². The molecule has 5 nitrogen and oxygen atoms in total. The van der Waals surface area contributed by atoms with E-state index in [0.29, 0.717) is 17.8 Å². The standard InChI is InChI=1S/C22H23F3N4O/c1-15-20(13-27-29(15)19-10-6-9-18(11-19)22(23,24)25)21(30)26-12-16-7-4-5-8-17(16)14-28(2)3/h4-11,13H,12,14H2,1-3H3,(H,26,30). The summed E-state index contributed by atoms with van der Waals surface area (Å²) in [6.07, 6.45) is -3.08. The highest BCUT2D eigenvalue weighted by Gasteiger charge is 2.30. The molecule has 3 aromatic rings. The third-order valence-corrected chi connectivity index (χ3v) is 4.72. The van der Waals surface area contributed by atoms with Crippen molar-refractivity contribution in [3.63, 3.8) is 0 Å². The van der Waals surface area contributed by atoms with Gasteiger partial charge in [-0.3, -0.25) is 4.79 Å². The number of hydrogen-bond donors (Lipinski definition) is 1. The Labute approximate surface area is 173 Å². The molecule has 0 spiro atoms. The molecule has 0 saturated carbocycles. The molecule has 0 aliphatic carbocycles. The van der Waals surface area contributed by atoms with Crippen molar-refractivity contribution in [2.75, 3.05) is 14.1 Å². The Morgan fingerprint density at radius 2 is 1.80 bits per heavy atom. The lowest BCUT2D eigenvalue weighted by Gasteiger charge is -2.14. The van der Waals surface area contributed by atoms with Gasteiger partial charge in [0.25, 0.3) is 5.91 Å². The number of amides is 1. The van der Waals surface area contributed by atoms with Crippen LogP contribution in [0.25, 0.3) is 5.69 Å². The number of rotatable bonds is 6. The van der Waals surface area contributed by atoms with Crippen molar-refractivity contribution in [3.05, 3.63) is 82.7 Å². The summed E-state index contributed by atoms with van der Waals surface area (Å²) in [6, 6.07) is 12.7. The summed E-state index contributed by atoms with van der Waals surface area (Å²) in [7, 11) is 3.95. The molecule has 1 amide bonds. The Morgan fingerprint density at radius 1 is 1.10 bits per heavy atom. The first-order chi connectivity index (χ1) is 14.2. The van der Waals surface area contributed by atoms with Crippen molar-refractivity contribution >= 4 is 5.91 Å². The first kappa shape index (κ1) is 21.6. The van der Waals surface area contributed by atoms with Crippen LogP contribution in [0.3, 0.4) is 0 Å². The van der Waals surface area contributed by atoms with Crippen LogP contribution in [0.2, 0.25) is 0 Å². The van der Waals surface area contributed by atoms with Gasteiger partial charge in [-0.1, -0.05) is 30.3 Å². The van der Waals surface area contributed by atoms with Gasteiger partial charge < -0.3 is 10.2 Å². The topological polar surface area (TPSA) is 50.2 Å². The van der Waals surface area contributed by atoms with Crippen LogP contribution < -0.4 is 5.32 Å². The van der Waals surface area contributed by atoms with Gasteiger partial charge in [0, 0.05) is 13.1 Å². The lowest BCUT2D eigenvalue weighted by Crippen LogP contribution is -2.24. The molecular formula is C22H23F3N4O. The summed E-state index contributed by atoms with van der Waals surface area (Å²) in [5, 5.41) is 7.00. The molecule has 30 heavy (non-hydrogen) atoms. The number of hydrogen-bond acceptors (Lipinski definition) is 3. The number of carbonyl (C=O) groups excluding carboxylic acids is 1. The van der Waals surface area contributed by atoms with Crippen LogP contribution in [0.4, 0.5) is 13.2 Å². The minimum Gasteiger partial charge on any atom is -0.348 e. The SMILES string of the molecule is Cc1c(C(=O)NCc2ccccc2CN(C)C)cnn1-c1cccc(C(F)(F)F)c1. The molecule has 3 rings (SSSR count). The summed E-state index contributed by atoms with van der Waals surface area (Å²) in [5.74, 6) is -0.328. The minimum absolute atomic E-state index is 0.248. The summed E-state index contributed by atoms with van der Waals surface area (Å²) < 4.78 is 40.3. The number of alkyl halides is 3. The fraction of sp³-hybridized carbons (Fsp3) is 0.273. The molecule has 0 fully saturated rings. The normalized spacial score (nSPS) is 11.7. The number of halogens is 3. The second kappa shape index (κ2) is 8.71. The molecule has 0 atom stereocenters. The fourth-order valence-electron chi connectivity index (χ4n) is 3.20. The predicted molar refractivity (Wildman–Crippen MR) is 108 cm³/mol. The van der Waals surface area contributed by atoms with Gasteiger partial charge in [-0.2, -0.15) is 18.3 Å². The van der Waals surface area contributed by atoms with Crippen molar-refractivity contribution in [1.29, 1.82) is 0 Å². The van der Waals surface area contributed by atoms with E-state index in [1.807, 2.05) is 43.3 Å². The van der Waals surface area contributed by atoms with Gasteiger partial charge >= 0.3 is 6.18 Å². The summed E-state index contributed by atoms with van der Waals surface area (Å²) in [6.45, 7) is 2.75. The summed E-state index contributed by atoms with van der Waals surface area (Å²) >= 11 is 0. The lowest BCUT2D eigenvalue weighted by molar-refractivity contribution is -0.137. The highest BCUT2D eigenvalue weighted by molar-refractivity contribution is 5.95. The van der Waals surface area contributed by atoms with Crippen LogP contribution in [0.5, 0.6) is 0 Å². The van der Waals surface area contributed by atoms with E-state index in [1.165, 1.54) is 23.0 Å². The second-order valence-electron chi connectivity index (χ2n) is 7.29. The van der Waals surface area contributed by atoms with Gasteiger partial charge in [0.2, 0.25) is 0 Å². The molecule has 8 heteroatoms. The number of nitrogens with zero attached hydrogens (tertiary/aromatic N) is 3. The first-order valence-electron chi connectivity index (χ1n) is 9.39. The largest absolute Gasteiger partial charge is 0.416 e. The second-order valence-corrected chi connectivity index (χ2v) is 7.29. The molecule has 0 unspecified atom stereocenters.